The van der Waals surface area contributed by atoms with Crippen LogP contribution in [0.4, 0.5) is 5.82 Å². The monoisotopic (exact) mass is 311 g/mol. The number of hydrogen-bond acceptors (Lipinski definition) is 5. The van der Waals surface area contributed by atoms with E-state index in [1.807, 2.05) is 6.92 Å². The number of aromatic nitrogens is 2. The third kappa shape index (κ3) is 4.53. The van der Waals surface area contributed by atoms with Crippen LogP contribution in [0.1, 0.15) is 19.4 Å². The average molecular weight is 312 g/mol. The normalized spacial score (nSPS) is 19.0. The van der Waals surface area contributed by atoms with Gasteiger partial charge in [-0.1, -0.05) is 13.8 Å². The lowest BCUT2D eigenvalue weighted by Gasteiger charge is -2.40. The molecule has 1 aromatic heterocycles. The van der Waals surface area contributed by atoms with Crippen molar-refractivity contribution in [3.63, 3.8) is 0 Å². The molecule has 0 aromatic carbocycles. The first kappa shape index (κ1) is 16.5. The molecule has 5 nitrogen and oxygen atoms in total. The number of anilines is 1. The molecule has 1 aromatic rings. The fourth-order valence-corrected chi connectivity index (χ4v) is 2.87. The zero-order chi connectivity index (χ0) is 15.4. The van der Waals surface area contributed by atoms with Crippen molar-refractivity contribution >= 4 is 17.4 Å². The molecule has 0 bridgehead atoms. The highest BCUT2D eigenvalue weighted by molar-refractivity contribution is 6.28. The van der Waals surface area contributed by atoms with Crippen LogP contribution in [0.15, 0.2) is 6.20 Å². The maximum Gasteiger partial charge on any atom is 0.224 e. The summed E-state index contributed by atoms with van der Waals surface area (Å²) in [6.07, 6.45) is 1.76. The van der Waals surface area contributed by atoms with Crippen LogP contribution >= 0.6 is 11.6 Å². The molecule has 0 amide bonds. The summed E-state index contributed by atoms with van der Waals surface area (Å²) in [6.45, 7) is 12.0. The van der Waals surface area contributed by atoms with Gasteiger partial charge in [-0.2, -0.15) is 0 Å². The number of piperazine rings is 1. The predicted octanol–water partition coefficient (Wildman–Crippen LogP) is 2.12. The highest BCUT2D eigenvalue weighted by atomic mass is 35.5. The van der Waals surface area contributed by atoms with Crippen molar-refractivity contribution in [2.45, 2.75) is 26.8 Å². The van der Waals surface area contributed by atoms with Crippen LogP contribution in [0.2, 0.25) is 5.28 Å². The Morgan fingerprint density at radius 3 is 2.57 bits per heavy atom. The number of nitrogens with zero attached hydrogens (tertiary/aromatic N) is 4. The second-order valence-electron chi connectivity index (χ2n) is 6.20. The molecule has 1 N–H and O–H groups in total. The summed E-state index contributed by atoms with van der Waals surface area (Å²) in [5.74, 6) is 1.44. The molecule has 2 heterocycles. The molecule has 6 heteroatoms. The second kappa shape index (κ2) is 7.38. The number of aryl methyl sites for hydroxylation is 1. The first-order valence-corrected chi connectivity index (χ1v) is 8.00. The summed E-state index contributed by atoms with van der Waals surface area (Å²) < 4.78 is 0. The smallest absolute Gasteiger partial charge is 0.224 e. The summed E-state index contributed by atoms with van der Waals surface area (Å²) in [6, 6.07) is 0.506. The minimum atomic E-state index is 0.295. The lowest BCUT2D eigenvalue weighted by Crippen LogP contribution is -2.52. The van der Waals surface area contributed by atoms with E-state index in [9.17, 15) is 0 Å². The van der Waals surface area contributed by atoms with Crippen LogP contribution in [0.3, 0.4) is 0 Å². The molecule has 2 rings (SSSR count). The van der Waals surface area contributed by atoms with Gasteiger partial charge in [0.1, 0.15) is 5.82 Å². The van der Waals surface area contributed by atoms with Gasteiger partial charge in [-0.3, -0.25) is 4.90 Å². The largest absolute Gasteiger partial charge is 0.368 e. The van der Waals surface area contributed by atoms with E-state index < -0.39 is 0 Å². The first-order chi connectivity index (χ1) is 9.97. The SMILES string of the molecule is Cc1cnc(Cl)nc1NCC(C(C)C)N1CCN(C)CC1. The van der Waals surface area contributed by atoms with Crippen molar-refractivity contribution in [1.29, 1.82) is 0 Å². The highest BCUT2D eigenvalue weighted by Crippen LogP contribution is 2.17. The van der Waals surface area contributed by atoms with Gasteiger partial charge in [0.25, 0.3) is 0 Å². The number of halogens is 1. The Bertz CT molecular complexity index is 457. The highest BCUT2D eigenvalue weighted by Gasteiger charge is 2.25. The zero-order valence-corrected chi connectivity index (χ0v) is 14.2. The van der Waals surface area contributed by atoms with E-state index in [1.165, 1.54) is 0 Å². The Labute approximate surface area is 132 Å². The Hall–Kier alpha value is -0.910. The van der Waals surface area contributed by atoms with Crippen LogP contribution in [0.25, 0.3) is 0 Å². The Kier molecular flexibility index (Phi) is 5.79. The fraction of sp³-hybridized carbons (Fsp3) is 0.733. The van der Waals surface area contributed by atoms with E-state index >= 15 is 0 Å². The molecule has 1 aliphatic heterocycles. The summed E-state index contributed by atoms with van der Waals surface area (Å²) in [7, 11) is 2.19. The van der Waals surface area contributed by atoms with Crippen LogP contribution in [0, 0.1) is 12.8 Å². The standard InChI is InChI=1S/C15H26ClN5/c1-11(2)13(21-7-5-20(4)6-8-21)10-17-14-12(3)9-18-15(16)19-14/h9,11,13H,5-8,10H2,1-4H3,(H,17,18,19). The number of likely N-dealkylation sites (N-methyl/N-ethyl adjacent to an activating group) is 1. The molecule has 0 spiro atoms. The van der Waals surface area contributed by atoms with E-state index in [0.29, 0.717) is 17.2 Å². The summed E-state index contributed by atoms with van der Waals surface area (Å²) in [5.41, 5.74) is 1.03. The van der Waals surface area contributed by atoms with Gasteiger partial charge in [0, 0.05) is 50.5 Å². The molecule has 21 heavy (non-hydrogen) atoms. The number of nitrogens with one attached hydrogen (secondary N) is 1. The van der Waals surface area contributed by atoms with Crippen LogP contribution in [-0.4, -0.2) is 65.6 Å². The van der Waals surface area contributed by atoms with Crippen molar-refractivity contribution in [2.24, 2.45) is 5.92 Å². The number of rotatable bonds is 5. The molecule has 1 atom stereocenters. The quantitative estimate of drug-likeness (QED) is 0.844. The van der Waals surface area contributed by atoms with Gasteiger partial charge in [-0.25, -0.2) is 9.97 Å². The third-order valence-electron chi connectivity index (χ3n) is 4.20. The first-order valence-electron chi connectivity index (χ1n) is 7.63. The van der Waals surface area contributed by atoms with Gasteiger partial charge in [0.05, 0.1) is 0 Å². The van der Waals surface area contributed by atoms with Gasteiger partial charge in [0.2, 0.25) is 5.28 Å². The topological polar surface area (TPSA) is 44.3 Å². The van der Waals surface area contributed by atoms with Gasteiger partial charge in [0.15, 0.2) is 0 Å². The van der Waals surface area contributed by atoms with Crippen LogP contribution < -0.4 is 5.32 Å². The second-order valence-corrected chi connectivity index (χ2v) is 6.54. The molecule has 1 aliphatic rings. The van der Waals surface area contributed by atoms with Crippen LogP contribution in [0.5, 0.6) is 0 Å². The average Bonchev–Trinajstić information content (AvgIpc) is 2.44. The zero-order valence-electron chi connectivity index (χ0n) is 13.4. The Balaban J connectivity index is 1.98. The van der Waals surface area contributed by atoms with E-state index in [0.717, 1.165) is 44.1 Å². The van der Waals surface area contributed by atoms with Gasteiger partial charge in [-0.05, 0) is 31.5 Å². The molecule has 1 unspecified atom stereocenters. The molecule has 0 radical (unpaired) electrons. The van der Waals surface area contributed by atoms with Crippen molar-refractivity contribution in [3.8, 4) is 0 Å². The maximum absolute atomic E-state index is 5.88. The molecule has 1 fully saturated rings. The van der Waals surface area contributed by atoms with Crippen molar-refractivity contribution in [2.75, 3.05) is 45.1 Å². The fourth-order valence-electron chi connectivity index (χ4n) is 2.74. The van der Waals surface area contributed by atoms with Gasteiger partial charge in [-0.15, -0.1) is 0 Å². The minimum absolute atomic E-state index is 0.295. The summed E-state index contributed by atoms with van der Waals surface area (Å²) in [5, 5.41) is 3.75. The van der Waals surface area contributed by atoms with Gasteiger partial charge >= 0.3 is 0 Å². The Morgan fingerprint density at radius 1 is 1.29 bits per heavy atom. The minimum Gasteiger partial charge on any atom is -0.368 e. The molecular formula is C15H26ClN5. The molecule has 0 saturated carbocycles. The van der Waals surface area contributed by atoms with Crippen molar-refractivity contribution < 1.29 is 0 Å². The predicted molar refractivity (Wildman–Crippen MR) is 88.0 cm³/mol. The van der Waals surface area contributed by atoms with Crippen molar-refractivity contribution in [1.82, 2.24) is 19.8 Å². The third-order valence-corrected chi connectivity index (χ3v) is 4.38. The molecular weight excluding hydrogens is 286 g/mol. The molecule has 0 aliphatic carbocycles. The summed E-state index contributed by atoms with van der Waals surface area (Å²) >= 11 is 5.88. The Morgan fingerprint density at radius 2 is 1.95 bits per heavy atom. The molecule has 1 saturated heterocycles. The van der Waals surface area contributed by atoms with E-state index in [1.54, 1.807) is 6.20 Å². The van der Waals surface area contributed by atoms with Crippen LogP contribution in [-0.2, 0) is 0 Å². The van der Waals surface area contributed by atoms with Crippen molar-refractivity contribution in [3.05, 3.63) is 17.0 Å². The molecule has 118 valence electrons. The number of hydrogen-bond donors (Lipinski definition) is 1. The van der Waals surface area contributed by atoms with Gasteiger partial charge < -0.3 is 10.2 Å². The van der Waals surface area contributed by atoms with E-state index in [-0.39, 0.29) is 0 Å². The maximum atomic E-state index is 5.88. The lowest BCUT2D eigenvalue weighted by molar-refractivity contribution is 0.0944. The van der Waals surface area contributed by atoms with E-state index in [2.05, 4.69) is 46.0 Å². The summed E-state index contributed by atoms with van der Waals surface area (Å²) in [4.78, 5) is 13.2. The lowest BCUT2D eigenvalue weighted by atomic mass is 10.0. The van der Waals surface area contributed by atoms with E-state index in [4.69, 9.17) is 11.6 Å².